The number of rotatable bonds is 8. The Morgan fingerprint density at radius 1 is 1.17 bits per heavy atom. The third-order valence-electron chi connectivity index (χ3n) is 5.15. The Morgan fingerprint density at radius 2 is 1.87 bits per heavy atom. The fourth-order valence-electron chi connectivity index (χ4n) is 3.91. The zero-order valence-corrected chi connectivity index (χ0v) is 17.8. The average molecular weight is 443 g/mol. The molecule has 5 nitrogen and oxygen atoms in total. The zero-order chi connectivity index (χ0) is 21.9. The summed E-state index contributed by atoms with van der Waals surface area (Å²) >= 11 is 0. The smallest absolute Gasteiger partial charge is 0.342 e. The number of benzene rings is 1. The molecule has 9 heteroatoms. The number of halogens is 3. The molecule has 1 atom stereocenters. The lowest BCUT2D eigenvalue weighted by molar-refractivity contribution is -0.137. The van der Waals surface area contributed by atoms with Gasteiger partial charge in [0.1, 0.15) is 0 Å². The van der Waals surface area contributed by atoms with Crippen molar-refractivity contribution in [3.63, 3.8) is 0 Å². The molecule has 1 aliphatic rings. The van der Waals surface area contributed by atoms with Crippen molar-refractivity contribution in [3.8, 4) is 0 Å². The Balaban J connectivity index is 1.89. The molecule has 0 amide bonds. The molecule has 0 saturated carbocycles. The van der Waals surface area contributed by atoms with E-state index in [9.17, 15) is 22.5 Å². The van der Waals surface area contributed by atoms with Crippen LogP contribution in [-0.2, 0) is 26.3 Å². The van der Waals surface area contributed by atoms with Crippen LogP contribution in [-0.4, -0.2) is 29.7 Å². The van der Waals surface area contributed by atoms with E-state index >= 15 is 0 Å². The van der Waals surface area contributed by atoms with E-state index in [0.717, 1.165) is 30.7 Å². The van der Waals surface area contributed by atoms with Gasteiger partial charge in [-0.25, -0.2) is 0 Å². The first-order valence-corrected chi connectivity index (χ1v) is 11.7. The molecule has 0 saturated heterocycles. The van der Waals surface area contributed by atoms with E-state index in [-0.39, 0.29) is 30.9 Å². The third kappa shape index (κ3) is 4.88. The lowest BCUT2D eigenvalue weighted by Crippen LogP contribution is -2.22. The SMILES string of the molecule is CCOP(=O)(CC1CCCn2c(C(=O)c3cccc(C(F)(F)F)c3)ccc21)OCC. The van der Waals surface area contributed by atoms with Gasteiger partial charge >= 0.3 is 13.8 Å². The predicted molar refractivity (Wildman–Crippen MR) is 107 cm³/mol. The van der Waals surface area contributed by atoms with Gasteiger partial charge in [0.15, 0.2) is 0 Å². The minimum absolute atomic E-state index is 0.0119. The molecule has 3 rings (SSSR count). The Kier molecular flexibility index (Phi) is 6.90. The molecule has 1 unspecified atom stereocenters. The quantitative estimate of drug-likeness (QED) is 0.378. The fourth-order valence-corrected chi connectivity index (χ4v) is 5.89. The van der Waals surface area contributed by atoms with Crippen molar-refractivity contribution in [1.82, 2.24) is 4.57 Å². The van der Waals surface area contributed by atoms with Gasteiger partial charge in [-0.2, -0.15) is 13.2 Å². The molecule has 0 N–H and O–H groups in total. The van der Waals surface area contributed by atoms with E-state index in [4.69, 9.17) is 9.05 Å². The summed E-state index contributed by atoms with van der Waals surface area (Å²) in [6, 6.07) is 7.85. The van der Waals surface area contributed by atoms with E-state index in [1.165, 1.54) is 12.1 Å². The molecule has 2 heterocycles. The Bertz CT molecular complexity index is 944. The van der Waals surface area contributed by atoms with Crippen LogP contribution in [0.2, 0.25) is 0 Å². The number of fused-ring (bicyclic) bond motifs is 1. The van der Waals surface area contributed by atoms with Crippen LogP contribution in [0.3, 0.4) is 0 Å². The van der Waals surface area contributed by atoms with Crippen LogP contribution >= 0.6 is 7.60 Å². The Hall–Kier alpha value is -1.89. The first kappa shape index (κ1) is 22.8. The summed E-state index contributed by atoms with van der Waals surface area (Å²) in [5.41, 5.74) is 0.293. The van der Waals surface area contributed by atoms with Crippen molar-refractivity contribution >= 4 is 13.4 Å². The number of carbonyl (C=O) groups excluding carboxylic acids is 1. The normalized spacial score (nSPS) is 17.0. The third-order valence-corrected chi connectivity index (χ3v) is 7.34. The van der Waals surface area contributed by atoms with Gasteiger partial charge in [-0.05, 0) is 51.0 Å². The molecule has 0 spiro atoms. The van der Waals surface area contributed by atoms with Crippen molar-refractivity contribution < 1.29 is 31.6 Å². The van der Waals surface area contributed by atoms with Gasteiger partial charge in [0, 0.05) is 23.7 Å². The van der Waals surface area contributed by atoms with Crippen LogP contribution in [0, 0.1) is 0 Å². The van der Waals surface area contributed by atoms with Gasteiger partial charge in [-0.1, -0.05) is 12.1 Å². The molecule has 0 radical (unpaired) electrons. The number of carbonyl (C=O) groups is 1. The van der Waals surface area contributed by atoms with Crippen LogP contribution < -0.4 is 0 Å². The van der Waals surface area contributed by atoms with E-state index in [0.29, 0.717) is 12.2 Å². The van der Waals surface area contributed by atoms with Crippen LogP contribution in [0.1, 0.15) is 59.9 Å². The molecule has 30 heavy (non-hydrogen) atoms. The maximum atomic E-state index is 13.0. The zero-order valence-electron chi connectivity index (χ0n) is 16.9. The summed E-state index contributed by atoms with van der Waals surface area (Å²) in [4.78, 5) is 13.0. The number of aromatic nitrogens is 1. The fraction of sp³-hybridized carbons (Fsp3) is 0.476. The highest BCUT2D eigenvalue weighted by atomic mass is 31.2. The maximum Gasteiger partial charge on any atom is 0.416 e. The molecular weight excluding hydrogens is 418 g/mol. The first-order valence-electron chi connectivity index (χ1n) is 9.98. The van der Waals surface area contributed by atoms with Crippen molar-refractivity contribution in [2.24, 2.45) is 0 Å². The van der Waals surface area contributed by atoms with Gasteiger partial charge < -0.3 is 13.6 Å². The number of ketones is 1. The molecule has 2 aromatic rings. The average Bonchev–Trinajstić information content (AvgIpc) is 3.12. The molecule has 0 aliphatic carbocycles. The maximum absolute atomic E-state index is 13.0. The minimum atomic E-state index is -4.51. The second-order valence-electron chi connectivity index (χ2n) is 7.17. The van der Waals surface area contributed by atoms with Gasteiger partial charge in [0.2, 0.25) is 5.78 Å². The summed E-state index contributed by atoms with van der Waals surface area (Å²) in [7, 11) is -3.26. The molecule has 1 aliphatic heterocycles. The van der Waals surface area contributed by atoms with E-state index < -0.39 is 25.1 Å². The molecule has 1 aromatic heterocycles. The number of nitrogens with zero attached hydrogens (tertiary/aromatic N) is 1. The molecule has 164 valence electrons. The minimum Gasteiger partial charge on any atom is -0.342 e. The van der Waals surface area contributed by atoms with Crippen LogP contribution in [0.5, 0.6) is 0 Å². The standard InChI is InChI=1S/C21H25F3NO4P/c1-3-28-30(27,29-4-2)14-16-8-6-12-25-18(16)10-11-19(25)20(26)15-7-5-9-17(13-15)21(22,23)24/h5,7,9-11,13,16H,3-4,6,8,12,14H2,1-2H3. The second-order valence-corrected chi connectivity index (χ2v) is 9.27. The largest absolute Gasteiger partial charge is 0.416 e. The Morgan fingerprint density at radius 3 is 2.50 bits per heavy atom. The highest BCUT2D eigenvalue weighted by Crippen LogP contribution is 2.52. The van der Waals surface area contributed by atoms with Crippen molar-refractivity contribution in [2.75, 3.05) is 19.4 Å². The summed E-state index contributed by atoms with van der Waals surface area (Å²) in [6.07, 6.45) is -2.78. The van der Waals surface area contributed by atoms with Crippen LogP contribution in [0.25, 0.3) is 0 Å². The van der Waals surface area contributed by atoms with E-state index in [1.54, 1.807) is 26.0 Å². The van der Waals surface area contributed by atoms with Gasteiger partial charge in [-0.15, -0.1) is 0 Å². The van der Waals surface area contributed by atoms with E-state index in [2.05, 4.69) is 0 Å². The van der Waals surface area contributed by atoms with Gasteiger partial charge in [-0.3, -0.25) is 9.36 Å². The monoisotopic (exact) mass is 443 g/mol. The number of hydrogen-bond acceptors (Lipinski definition) is 4. The lowest BCUT2D eigenvalue weighted by atomic mass is 9.98. The first-order chi connectivity index (χ1) is 14.2. The van der Waals surface area contributed by atoms with Crippen LogP contribution in [0.4, 0.5) is 13.2 Å². The summed E-state index contributed by atoms with van der Waals surface area (Å²) in [6.45, 7) is 4.61. The van der Waals surface area contributed by atoms with Crippen molar-refractivity contribution in [2.45, 2.75) is 45.3 Å². The summed E-state index contributed by atoms with van der Waals surface area (Å²) in [5.74, 6) is -0.587. The van der Waals surface area contributed by atoms with Crippen molar-refractivity contribution in [3.05, 3.63) is 58.9 Å². The molecular formula is C21H25F3NO4P. The van der Waals surface area contributed by atoms with Crippen molar-refractivity contribution in [1.29, 1.82) is 0 Å². The van der Waals surface area contributed by atoms with Gasteiger partial charge in [0.25, 0.3) is 0 Å². The van der Waals surface area contributed by atoms with Gasteiger partial charge in [0.05, 0.1) is 30.6 Å². The number of hydrogen-bond donors (Lipinski definition) is 0. The topological polar surface area (TPSA) is 57.5 Å². The summed E-state index contributed by atoms with van der Waals surface area (Å²) in [5, 5.41) is 0. The highest BCUT2D eigenvalue weighted by molar-refractivity contribution is 7.53. The van der Waals surface area contributed by atoms with E-state index in [1.807, 2.05) is 4.57 Å². The summed E-state index contributed by atoms with van der Waals surface area (Å²) < 4.78 is 64.6. The highest BCUT2D eigenvalue weighted by Gasteiger charge is 2.34. The lowest BCUT2D eigenvalue weighted by Gasteiger charge is -2.28. The predicted octanol–water partition coefficient (Wildman–Crippen LogP) is 5.88. The molecule has 0 bridgehead atoms. The second kappa shape index (κ2) is 9.08. The molecule has 1 aromatic carbocycles. The number of alkyl halides is 3. The van der Waals surface area contributed by atoms with Crippen LogP contribution in [0.15, 0.2) is 36.4 Å². The molecule has 0 fully saturated rings. The Labute approximate surface area is 173 Å².